The van der Waals surface area contributed by atoms with Crippen LogP contribution in [0, 0.1) is 0 Å². The Kier molecular flexibility index (Phi) is 5.61. The van der Waals surface area contributed by atoms with Crippen LogP contribution in [0.15, 0.2) is 24.3 Å². The third-order valence-corrected chi connectivity index (χ3v) is 3.02. The van der Waals surface area contributed by atoms with Crippen LogP contribution in [-0.4, -0.2) is 28.8 Å². The number of hydrogen-bond donors (Lipinski definition) is 3. The number of nitrogens with one attached hydrogen (secondary N) is 1. The van der Waals surface area contributed by atoms with E-state index in [1.54, 1.807) is 6.07 Å². The van der Waals surface area contributed by atoms with Gasteiger partial charge >= 0.3 is 0 Å². The number of benzene rings is 1. The highest BCUT2D eigenvalue weighted by Crippen LogP contribution is 2.19. The van der Waals surface area contributed by atoms with Crippen LogP contribution in [0.25, 0.3) is 0 Å². The van der Waals surface area contributed by atoms with Gasteiger partial charge in [-0.05, 0) is 11.1 Å². The zero-order chi connectivity index (χ0) is 12.8. The highest BCUT2D eigenvalue weighted by Gasteiger charge is 2.18. The number of aliphatic hydroxyl groups excluding tert-OH is 2. The van der Waals surface area contributed by atoms with Gasteiger partial charge in [0, 0.05) is 18.8 Å². The third-order valence-electron chi connectivity index (χ3n) is 2.37. The van der Waals surface area contributed by atoms with E-state index >= 15 is 0 Å². The topological polar surface area (TPSA) is 69.6 Å². The van der Waals surface area contributed by atoms with Crippen molar-refractivity contribution in [2.24, 2.45) is 0 Å². The van der Waals surface area contributed by atoms with Crippen LogP contribution in [0.3, 0.4) is 0 Å². The van der Waals surface area contributed by atoms with Crippen molar-refractivity contribution in [2.75, 3.05) is 6.54 Å². The Morgan fingerprint density at radius 1 is 1.47 bits per heavy atom. The van der Waals surface area contributed by atoms with Gasteiger partial charge in [0.25, 0.3) is 0 Å². The lowest BCUT2D eigenvalue weighted by molar-refractivity contribution is -0.119. The Labute approximate surface area is 109 Å². The molecule has 2 unspecified atom stereocenters. The molecule has 0 radical (unpaired) electrons. The first-order valence-electron chi connectivity index (χ1n) is 5.30. The van der Waals surface area contributed by atoms with Crippen LogP contribution in [0.4, 0.5) is 0 Å². The van der Waals surface area contributed by atoms with Crippen molar-refractivity contribution in [2.45, 2.75) is 24.5 Å². The van der Waals surface area contributed by atoms with E-state index in [2.05, 4.69) is 21.2 Å². The highest BCUT2D eigenvalue weighted by atomic mass is 79.9. The molecule has 0 aromatic heterocycles. The van der Waals surface area contributed by atoms with Gasteiger partial charge in [0.15, 0.2) is 0 Å². The smallest absolute Gasteiger partial charge is 0.216 e. The summed E-state index contributed by atoms with van der Waals surface area (Å²) in [5, 5.41) is 22.8. The molecule has 1 aromatic rings. The molecular formula is C12H16BrNO3. The Morgan fingerprint density at radius 3 is 2.76 bits per heavy atom. The normalized spacial score (nSPS) is 14.1. The molecule has 0 aliphatic carbocycles. The van der Waals surface area contributed by atoms with E-state index in [-0.39, 0.29) is 12.5 Å². The minimum Gasteiger partial charge on any atom is -0.388 e. The van der Waals surface area contributed by atoms with Crippen molar-refractivity contribution in [3.05, 3.63) is 35.4 Å². The van der Waals surface area contributed by atoms with Gasteiger partial charge in [-0.15, -0.1) is 0 Å². The molecule has 0 spiro atoms. The first kappa shape index (κ1) is 14.2. The van der Waals surface area contributed by atoms with E-state index < -0.39 is 12.2 Å². The Bertz CT molecular complexity index is 384. The summed E-state index contributed by atoms with van der Waals surface area (Å²) >= 11 is 3.33. The van der Waals surface area contributed by atoms with Gasteiger partial charge in [-0.3, -0.25) is 4.79 Å². The van der Waals surface area contributed by atoms with Crippen molar-refractivity contribution in [3.8, 4) is 0 Å². The van der Waals surface area contributed by atoms with E-state index in [1.165, 1.54) is 6.92 Å². The predicted octanol–water partition coefficient (Wildman–Crippen LogP) is 1.11. The monoisotopic (exact) mass is 301 g/mol. The number of halogens is 1. The van der Waals surface area contributed by atoms with Crippen molar-refractivity contribution >= 4 is 21.8 Å². The molecule has 1 amide bonds. The fourth-order valence-corrected chi connectivity index (χ4v) is 1.79. The fraction of sp³-hybridized carbons (Fsp3) is 0.417. The zero-order valence-electron chi connectivity index (χ0n) is 9.56. The van der Waals surface area contributed by atoms with Crippen molar-refractivity contribution in [1.82, 2.24) is 5.32 Å². The van der Waals surface area contributed by atoms with Crippen LogP contribution < -0.4 is 5.32 Å². The second-order valence-electron chi connectivity index (χ2n) is 3.83. The molecule has 4 nitrogen and oxygen atoms in total. The minimum absolute atomic E-state index is 0.0367. The maximum atomic E-state index is 10.7. The SMILES string of the molecule is CC(=O)NCC(O)C(O)c1cccc(CBr)c1. The molecule has 0 aliphatic heterocycles. The van der Waals surface area contributed by atoms with Crippen LogP contribution in [0.5, 0.6) is 0 Å². The Morgan fingerprint density at radius 2 is 2.18 bits per heavy atom. The molecule has 1 aromatic carbocycles. The molecule has 2 atom stereocenters. The highest BCUT2D eigenvalue weighted by molar-refractivity contribution is 9.08. The molecule has 0 fully saturated rings. The second kappa shape index (κ2) is 6.74. The summed E-state index contributed by atoms with van der Waals surface area (Å²) in [5.74, 6) is -0.231. The van der Waals surface area contributed by atoms with Crippen LogP contribution >= 0.6 is 15.9 Å². The van der Waals surface area contributed by atoms with Crippen LogP contribution in [0.1, 0.15) is 24.2 Å². The molecule has 0 aliphatic rings. The maximum Gasteiger partial charge on any atom is 0.216 e. The summed E-state index contributed by atoms with van der Waals surface area (Å²) in [6, 6.07) is 7.30. The minimum atomic E-state index is -1.01. The number of hydrogen-bond acceptors (Lipinski definition) is 3. The van der Waals surface area contributed by atoms with Gasteiger partial charge in [0.05, 0.1) is 0 Å². The van der Waals surface area contributed by atoms with Gasteiger partial charge in [0.2, 0.25) is 5.91 Å². The standard InChI is InChI=1S/C12H16BrNO3/c1-8(15)14-7-11(16)12(17)10-4-2-3-9(5-10)6-13/h2-5,11-12,16-17H,6-7H2,1H3,(H,14,15). The molecule has 3 N–H and O–H groups in total. The summed E-state index contributed by atoms with van der Waals surface area (Å²) in [5.41, 5.74) is 1.66. The average molecular weight is 302 g/mol. The van der Waals surface area contributed by atoms with E-state index in [0.717, 1.165) is 5.56 Å². The molecule has 0 heterocycles. The Balaban J connectivity index is 2.66. The van der Waals surface area contributed by atoms with Gasteiger partial charge in [0.1, 0.15) is 12.2 Å². The second-order valence-corrected chi connectivity index (χ2v) is 4.39. The van der Waals surface area contributed by atoms with Gasteiger partial charge in [-0.1, -0.05) is 40.2 Å². The number of aliphatic hydroxyl groups is 2. The summed E-state index contributed by atoms with van der Waals surface area (Å²) in [4.78, 5) is 10.7. The maximum absolute atomic E-state index is 10.7. The van der Waals surface area contributed by atoms with Crippen LogP contribution in [0.2, 0.25) is 0 Å². The average Bonchev–Trinajstić information content (AvgIpc) is 2.35. The summed E-state index contributed by atoms with van der Waals surface area (Å²) < 4.78 is 0. The predicted molar refractivity (Wildman–Crippen MR) is 68.7 cm³/mol. The van der Waals surface area contributed by atoms with Gasteiger partial charge in [-0.2, -0.15) is 0 Å². The van der Waals surface area contributed by atoms with E-state index in [4.69, 9.17) is 0 Å². The number of alkyl halides is 1. The third kappa shape index (κ3) is 4.46. The molecule has 0 saturated heterocycles. The molecule has 94 valence electrons. The number of rotatable bonds is 5. The van der Waals surface area contributed by atoms with E-state index in [1.807, 2.05) is 18.2 Å². The zero-order valence-corrected chi connectivity index (χ0v) is 11.1. The summed E-state index contributed by atoms with van der Waals surface area (Å²) in [6.45, 7) is 1.40. The van der Waals surface area contributed by atoms with E-state index in [0.29, 0.717) is 10.9 Å². The molecule has 5 heteroatoms. The molecule has 0 saturated carbocycles. The van der Waals surface area contributed by atoms with Crippen molar-refractivity contribution < 1.29 is 15.0 Å². The fourth-order valence-electron chi connectivity index (χ4n) is 1.44. The van der Waals surface area contributed by atoms with E-state index in [9.17, 15) is 15.0 Å². The van der Waals surface area contributed by atoms with Crippen LogP contribution in [-0.2, 0) is 10.1 Å². The lowest BCUT2D eigenvalue weighted by atomic mass is 10.0. The Hall–Kier alpha value is -0.910. The summed E-state index contributed by atoms with van der Waals surface area (Å²) in [7, 11) is 0. The number of amides is 1. The first-order valence-corrected chi connectivity index (χ1v) is 6.42. The van der Waals surface area contributed by atoms with Gasteiger partial charge < -0.3 is 15.5 Å². The van der Waals surface area contributed by atoms with Gasteiger partial charge in [-0.25, -0.2) is 0 Å². The summed E-state index contributed by atoms with van der Waals surface area (Å²) in [6.07, 6.45) is -2.01. The van der Waals surface area contributed by atoms with Crippen molar-refractivity contribution in [1.29, 1.82) is 0 Å². The largest absolute Gasteiger partial charge is 0.388 e. The quantitative estimate of drug-likeness (QED) is 0.714. The molecule has 1 rings (SSSR count). The lowest BCUT2D eigenvalue weighted by Crippen LogP contribution is -2.34. The number of carbonyl (C=O) groups is 1. The van der Waals surface area contributed by atoms with Crippen molar-refractivity contribution in [3.63, 3.8) is 0 Å². The molecule has 0 bridgehead atoms. The number of carbonyl (C=O) groups excluding carboxylic acids is 1. The molecular weight excluding hydrogens is 286 g/mol. The molecule has 17 heavy (non-hydrogen) atoms. The lowest BCUT2D eigenvalue weighted by Gasteiger charge is -2.18. The first-order chi connectivity index (χ1) is 8.04.